The lowest BCUT2D eigenvalue weighted by Gasteiger charge is -2.24. The zero-order valence-corrected chi connectivity index (χ0v) is 13.3. The van der Waals surface area contributed by atoms with Gasteiger partial charge in [-0.2, -0.15) is 0 Å². The Morgan fingerprint density at radius 3 is 2.78 bits per heavy atom. The predicted octanol–water partition coefficient (Wildman–Crippen LogP) is 4.00. The second-order valence-electron chi connectivity index (χ2n) is 4.62. The molecule has 1 atom stereocenters. The molecular formula is C14H20BrNOS. The quantitative estimate of drug-likeness (QED) is 0.902. The maximum absolute atomic E-state index is 5.43. The third-order valence-corrected chi connectivity index (χ3v) is 5.24. The fourth-order valence-corrected chi connectivity index (χ4v) is 3.97. The van der Waals surface area contributed by atoms with E-state index >= 15 is 0 Å². The van der Waals surface area contributed by atoms with Gasteiger partial charge in [0.05, 0.1) is 0 Å². The predicted molar refractivity (Wildman–Crippen MR) is 81.3 cm³/mol. The standard InChI is InChI=1S/C14H20BrNOS/c1-10(16-2)13-4-3-11(15)9-14(13)18-12-5-7-17-8-6-12/h3-4,9-10,12,16H,5-8H2,1-2H3. The zero-order valence-electron chi connectivity index (χ0n) is 10.9. The molecule has 0 radical (unpaired) electrons. The minimum Gasteiger partial charge on any atom is -0.381 e. The Bertz CT molecular complexity index is 393. The van der Waals surface area contributed by atoms with Crippen LogP contribution in [0.3, 0.4) is 0 Å². The van der Waals surface area contributed by atoms with E-state index in [0.717, 1.165) is 30.5 Å². The summed E-state index contributed by atoms with van der Waals surface area (Å²) in [5.41, 5.74) is 1.39. The molecule has 1 aliphatic heterocycles. The second-order valence-corrected chi connectivity index (χ2v) is 6.88. The zero-order chi connectivity index (χ0) is 13.0. The van der Waals surface area contributed by atoms with Crippen molar-refractivity contribution in [3.8, 4) is 0 Å². The number of thioether (sulfide) groups is 1. The van der Waals surface area contributed by atoms with Gasteiger partial charge in [0.1, 0.15) is 0 Å². The van der Waals surface area contributed by atoms with Gasteiger partial charge in [-0.25, -0.2) is 0 Å². The minimum absolute atomic E-state index is 0.389. The lowest BCUT2D eigenvalue weighted by Crippen LogP contribution is -2.18. The Hall–Kier alpha value is -0.0300. The highest BCUT2D eigenvalue weighted by molar-refractivity contribution is 9.10. The van der Waals surface area contributed by atoms with Crippen molar-refractivity contribution < 1.29 is 4.74 Å². The van der Waals surface area contributed by atoms with Gasteiger partial charge in [-0.3, -0.25) is 0 Å². The van der Waals surface area contributed by atoms with E-state index in [9.17, 15) is 0 Å². The van der Waals surface area contributed by atoms with E-state index in [1.807, 2.05) is 18.8 Å². The van der Waals surface area contributed by atoms with Crippen molar-refractivity contribution in [1.82, 2.24) is 5.32 Å². The van der Waals surface area contributed by atoms with Gasteiger partial charge in [-0.05, 0) is 44.5 Å². The smallest absolute Gasteiger partial charge is 0.0476 e. The van der Waals surface area contributed by atoms with Gasteiger partial charge in [-0.1, -0.05) is 22.0 Å². The number of ether oxygens (including phenoxy) is 1. The molecule has 0 aliphatic carbocycles. The molecule has 1 N–H and O–H groups in total. The molecular weight excluding hydrogens is 310 g/mol. The molecule has 0 spiro atoms. The molecule has 100 valence electrons. The largest absolute Gasteiger partial charge is 0.381 e. The molecule has 1 aliphatic rings. The summed E-state index contributed by atoms with van der Waals surface area (Å²) >= 11 is 5.57. The van der Waals surface area contributed by atoms with Gasteiger partial charge in [0.25, 0.3) is 0 Å². The summed E-state index contributed by atoms with van der Waals surface area (Å²) in [6.07, 6.45) is 2.31. The van der Waals surface area contributed by atoms with Crippen LogP contribution in [0.5, 0.6) is 0 Å². The van der Waals surface area contributed by atoms with Gasteiger partial charge in [0.15, 0.2) is 0 Å². The Morgan fingerprint density at radius 2 is 2.11 bits per heavy atom. The molecule has 18 heavy (non-hydrogen) atoms. The van der Waals surface area contributed by atoms with E-state index in [0.29, 0.717) is 11.3 Å². The van der Waals surface area contributed by atoms with Crippen molar-refractivity contribution >= 4 is 27.7 Å². The third kappa shape index (κ3) is 3.73. The number of hydrogen-bond donors (Lipinski definition) is 1. The molecule has 1 heterocycles. The summed E-state index contributed by atoms with van der Waals surface area (Å²) in [7, 11) is 2.01. The van der Waals surface area contributed by atoms with Crippen LogP contribution in [-0.4, -0.2) is 25.5 Å². The Morgan fingerprint density at radius 1 is 1.39 bits per heavy atom. The highest BCUT2D eigenvalue weighted by Gasteiger charge is 2.18. The first-order valence-corrected chi connectivity index (χ1v) is 8.09. The summed E-state index contributed by atoms with van der Waals surface area (Å²) in [6.45, 7) is 4.02. The van der Waals surface area contributed by atoms with Crippen LogP contribution in [0.15, 0.2) is 27.6 Å². The average Bonchev–Trinajstić information content (AvgIpc) is 2.39. The number of hydrogen-bond acceptors (Lipinski definition) is 3. The van der Waals surface area contributed by atoms with Crippen LogP contribution in [0, 0.1) is 0 Å². The lowest BCUT2D eigenvalue weighted by molar-refractivity contribution is 0.1000. The van der Waals surface area contributed by atoms with Crippen LogP contribution in [0.2, 0.25) is 0 Å². The van der Waals surface area contributed by atoms with Gasteiger partial charge in [-0.15, -0.1) is 11.8 Å². The Labute approximate surface area is 122 Å². The van der Waals surface area contributed by atoms with Crippen molar-refractivity contribution in [2.24, 2.45) is 0 Å². The lowest BCUT2D eigenvalue weighted by atomic mass is 10.1. The van der Waals surface area contributed by atoms with Crippen LogP contribution in [0.4, 0.5) is 0 Å². The second kappa shape index (κ2) is 6.94. The first kappa shape index (κ1) is 14.4. The molecule has 1 aromatic rings. The molecule has 1 aromatic carbocycles. The van der Waals surface area contributed by atoms with Gasteiger partial charge in [0.2, 0.25) is 0 Å². The summed E-state index contributed by atoms with van der Waals surface area (Å²) in [6, 6.07) is 6.97. The first-order valence-electron chi connectivity index (χ1n) is 6.42. The van der Waals surface area contributed by atoms with Crippen LogP contribution in [0.1, 0.15) is 31.4 Å². The van der Waals surface area contributed by atoms with Crippen LogP contribution < -0.4 is 5.32 Å². The Kier molecular flexibility index (Phi) is 5.55. The molecule has 1 fully saturated rings. The SMILES string of the molecule is CNC(C)c1ccc(Br)cc1SC1CCOCC1. The van der Waals surface area contributed by atoms with Crippen molar-refractivity contribution in [2.45, 2.75) is 36.0 Å². The van der Waals surface area contributed by atoms with Crippen molar-refractivity contribution in [1.29, 1.82) is 0 Å². The van der Waals surface area contributed by atoms with Crippen molar-refractivity contribution in [3.63, 3.8) is 0 Å². The molecule has 0 amide bonds. The molecule has 1 unspecified atom stereocenters. The van der Waals surface area contributed by atoms with Gasteiger partial charge >= 0.3 is 0 Å². The maximum atomic E-state index is 5.43. The van der Waals surface area contributed by atoms with E-state index in [1.54, 1.807) is 0 Å². The summed E-state index contributed by atoms with van der Waals surface area (Å²) < 4.78 is 6.58. The van der Waals surface area contributed by atoms with Crippen molar-refractivity contribution in [3.05, 3.63) is 28.2 Å². The number of rotatable bonds is 4. The maximum Gasteiger partial charge on any atom is 0.0476 e. The van der Waals surface area contributed by atoms with Crippen molar-refractivity contribution in [2.75, 3.05) is 20.3 Å². The normalized spacial score (nSPS) is 18.8. The fourth-order valence-electron chi connectivity index (χ4n) is 2.10. The highest BCUT2D eigenvalue weighted by Crippen LogP contribution is 2.36. The molecule has 1 saturated heterocycles. The molecule has 0 bridgehead atoms. The number of benzene rings is 1. The summed E-state index contributed by atoms with van der Waals surface area (Å²) in [5, 5.41) is 4.02. The van der Waals surface area contributed by atoms with E-state index < -0.39 is 0 Å². The van der Waals surface area contributed by atoms with E-state index in [4.69, 9.17) is 4.74 Å². The van der Waals surface area contributed by atoms with Gasteiger partial charge in [0, 0.05) is 33.9 Å². The number of halogens is 1. The number of nitrogens with one attached hydrogen (secondary N) is 1. The summed E-state index contributed by atoms with van der Waals surface area (Å²) in [4.78, 5) is 1.39. The van der Waals surface area contributed by atoms with E-state index in [-0.39, 0.29) is 0 Å². The van der Waals surface area contributed by atoms with E-state index in [1.165, 1.54) is 10.5 Å². The third-order valence-electron chi connectivity index (χ3n) is 3.34. The topological polar surface area (TPSA) is 21.3 Å². The fraction of sp³-hybridized carbons (Fsp3) is 0.571. The van der Waals surface area contributed by atoms with Crippen LogP contribution in [-0.2, 0) is 4.74 Å². The monoisotopic (exact) mass is 329 g/mol. The Balaban J connectivity index is 2.15. The highest BCUT2D eigenvalue weighted by atomic mass is 79.9. The molecule has 0 aromatic heterocycles. The average molecular weight is 330 g/mol. The summed E-state index contributed by atoms with van der Waals surface area (Å²) in [5.74, 6) is 0. The minimum atomic E-state index is 0.389. The first-order chi connectivity index (χ1) is 8.70. The molecule has 0 saturated carbocycles. The molecule has 2 nitrogen and oxygen atoms in total. The molecule has 4 heteroatoms. The van der Waals surface area contributed by atoms with Crippen LogP contribution in [0.25, 0.3) is 0 Å². The van der Waals surface area contributed by atoms with Crippen LogP contribution >= 0.6 is 27.7 Å². The molecule has 2 rings (SSSR count). The van der Waals surface area contributed by atoms with Gasteiger partial charge < -0.3 is 10.1 Å². The van der Waals surface area contributed by atoms with E-state index in [2.05, 4.69) is 46.4 Å².